The summed E-state index contributed by atoms with van der Waals surface area (Å²) in [6, 6.07) is 3.71. The monoisotopic (exact) mass is 327 g/mol. The predicted octanol–water partition coefficient (Wildman–Crippen LogP) is 4.52. The lowest BCUT2D eigenvalue weighted by atomic mass is 10.00. The summed E-state index contributed by atoms with van der Waals surface area (Å²) < 4.78 is 22.3. The molecule has 3 aromatic rings. The molecule has 0 fully saturated rings. The van der Waals surface area contributed by atoms with Crippen LogP contribution in [0.25, 0.3) is 22.0 Å². The Morgan fingerprint density at radius 3 is 2.50 bits per heavy atom. The van der Waals surface area contributed by atoms with Gasteiger partial charge in [-0.05, 0) is 26.3 Å². The minimum atomic E-state index is 0.541. The highest BCUT2D eigenvalue weighted by atomic mass is 16.5. The first-order valence-electron chi connectivity index (χ1n) is 7.72. The molecule has 0 amide bonds. The number of fused-ring (bicyclic) bond motifs is 2. The van der Waals surface area contributed by atoms with E-state index in [1.807, 2.05) is 12.1 Å². The molecule has 0 spiro atoms. The third-order valence-electron chi connectivity index (χ3n) is 4.00. The Kier molecular flexibility index (Phi) is 4.34. The van der Waals surface area contributed by atoms with Crippen molar-refractivity contribution in [1.82, 2.24) is 4.98 Å². The SMILES string of the molecule is COc1cc2nc3occc3c(OC)c2c(CC=C(C)C)c1OC. The van der Waals surface area contributed by atoms with Gasteiger partial charge >= 0.3 is 0 Å². The van der Waals surface area contributed by atoms with Gasteiger partial charge in [-0.2, -0.15) is 0 Å². The van der Waals surface area contributed by atoms with Gasteiger partial charge in [0.1, 0.15) is 5.75 Å². The summed E-state index contributed by atoms with van der Waals surface area (Å²) >= 11 is 0. The van der Waals surface area contributed by atoms with Crippen molar-refractivity contribution in [2.45, 2.75) is 20.3 Å². The lowest BCUT2D eigenvalue weighted by Crippen LogP contribution is -2.00. The fourth-order valence-electron chi connectivity index (χ4n) is 2.91. The average Bonchev–Trinajstić information content (AvgIpc) is 3.04. The van der Waals surface area contributed by atoms with E-state index < -0.39 is 0 Å². The molecule has 0 unspecified atom stereocenters. The summed E-state index contributed by atoms with van der Waals surface area (Å²) in [4.78, 5) is 4.62. The van der Waals surface area contributed by atoms with Crippen LogP contribution < -0.4 is 14.2 Å². The number of furan rings is 1. The molecule has 0 aliphatic rings. The fraction of sp³-hybridized carbons (Fsp3) is 0.316. The van der Waals surface area contributed by atoms with Crippen molar-refractivity contribution in [3.05, 3.63) is 35.6 Å². The molecule has 0 bridgehead atoms. The van der Waals surface area contributed by atoms with Gasteiger partial charge in [0.2, 0.25) is 5.71 Å². The van der Waals surface area contributed by atoms with Crippen molar-refractivity contribution in [3.8, 4) is 17.2 Å². The van der Waals surface area contributed by atoms with Crippen LogP contribution >= 0.6 is 0 Å². The minimum Gasteiger partial charge on any atom is -0.495 e. The number of nitrogens with zero attached hydrogens (tertiary/aromatic N) is 1. The fourth-order valence-corrected chi connectivity index (χ4v) is 2.91. The Morgan fingerprint density at radius 1 is 1.12 bits per heavy atom. The van der Waals surface area contributed by atoms with Gasteiger partial charge in [0, 0.05) is 11.6 Å². The third kappa shape index (κ3) is 2.56. The first-order chi connectivity index (χ1) is 11.6. The maximum Gasteiger partial charge on any atom is 0.230 e. The standard InChI is InChI=1S/C19H21NO4/c1-11(2)6-7-12-16-14(10-15(21-3)17(12)22-4)20-19-13(8-9-24-19)18(16)23-5/h6,8-10H,7H2,1-5H3. The third-order valence-corrected chi connectivity index (χ3v) is 4.00. The molecular weight excluding hydrogens is 306 g/mol. The number of aromatic nitrogens is 1. The van der Waals surface area contributed by atoms with Gasteiger partial charge in [-0.25, -0.2) is 4.98 Å². The molecule has 2 heterocycles. The normalized spacial score (nSPS) is 10.9. The van der Waals surface area contributed by atoms with Crippen molar-refractivity contribution < 1.29 is 18.6 Å². The highest BCUT2D eigenvalue weighted by Gasteiger charge is 2.21. The van der Waals surface area contributed by atoms with Gasteiger partial charge in [0.05, 0.1) is 43.9 Å². The molecular formula is C19H21NO4. The van der Waals surface area contributed by atoms with Crippen molar-refractivity contribution in [2.75, 3.05) is 21.3 Å². The molecule has 0 atom stereocenters. The van der Waals surface area contributed by atoms with Crippen molar-refractivity contribution in [1.29, 1.82) is 0 Å². The minimum absolute atomic E-state index is 0.541. The van der Waals surface area contributed by atoms with Crippen LogP contribution in [0, 0.1) is 0 Å². The number of rotatable bonds is 5. The van der Waals surface area contributed by atoms with E-state index >= 15 is 0 Å². The largest absolute Gasteiger partial charge is 0.495 e. The highest BCUT2D eigenvalue weighted by Crippen LogP contribution is 2.43. The van der Waals surface area contributed by atoms with Gasteiger partial charge in [0.25, 0.3) is 0 Å². The van der Waals surface area contributed by atoms with Crippen molar-refractivity contribution in [2.24, 2.45) is 0 Å². The van der Waals surface area contributed by atoms with Gasteiger partial charge in [-0.15, -0.1) is 0 Å². The van der Waals surface area contributed by atoms with E-state index in [9.17, 15) is 0 Å². The van der Waals surface area contributed by atoms with Crippen LogP contribution in [0.1, 0.15) is 19.4 Å². The van der Waals surface area contributed by atoms with Crippen LogP contribution in [-0.4, -0.2) is 26.3 Å². The Balaban J connectivity index is 2.46. The van der Waals surface area contributed by atoms with Gasteiger partial charge in [0.15, 0.2) is 11.5 Å². The molecule has 0 radical (unpaired) electrons. The number of methoxy groups -OCH3 is 3. The van der Waals surface area contributed by atoms with Gasteiger partial charge in [-0.1, -0.05) is 11.6 Å². The van der Waals surface area contributed by atoms with Crippen molar-refractivity contribution in [3.63, 3.8) is 0 Å². The number of hydrogen-bond acceptors (Lipinski definition) is 5. The Morgan fingerprint density at radius 2 is 1.88 bits per heavy atom. The van der Waals surface area contributed by atoms with E-state index in [0.29, 0.717) is 23.6 Å². The lowest BCUT2D eigenvalue weighted by Gasteiger charge is -2.17. The van der Waals surface area contributed by atoms with Crippen molar-refractivity contribution >= 4 is 22.0 Å². The zero-order chi connectivity index (χ0) is 17.3. The Bertz CT molecular complexity index is 920. The summed E-state index contributed by atoms with van der Waals surface area (Å²) in [6.07, 6.45) is 4.46. The van der Waals surface area contributed by atoms with Crippen LogP contribution in [0.3, 0.4) is 0 Å². The molecule has 5 heteroatoms. The molecule has 0 saturated carbocycles. The van der Waals surface area contributed by atoms with E-state index in [1.165, 1.54) is 5.57 Å². The highest BCUT2D eigenvalue weighted by molar-refractivity contribution is 6.02. The smallest absolute Gasteiger partial charge is 0.230 e. The Labute approximate surface area is 140 Å². The average molecular weight is 327 g/mol. The predicted molar refractivity (Wildman–Crippen MR) is 94.3 cm³/mol. The van der Waals surface area contributed by atoms with Crippen LogP contribution in [0.5, 0.6) is 17.2 Å². The zero-order valence-corrected chi connectivity index (χ0v) is 14.6. The molecule has 24 heavy (non-hydrogen) atoms. The van der Waals surface area contributed by atoms with Gasteiger partial charge < -0.3 is 18.6 Å². The lowest BCUT2D eigenvalue weighted by molar-refractivity contribution is 0.353. The molecule has 1 aromatic carbocycles. The molecule has 2 aromatic heterocycles. The second kappa shape index (κ2) is 6.43. The summed E-state index contributed by atoms with van der Waals surface area (Å²) in [7, 11) is 4.92. The second-order valence-corrected chi connectivity index (χ2v) is 5.75. The molecule has 0 saturated heterocycles. The van der Waals surface area contributed by atoms with Crippen LogP contribution in [-0.2, 0) is 6.42 Å². The molecule has 126 valence electrons. The Hall–Kier alpha value is -2.69. The molecule has 5 nitrogen and oxygen atoms in total. The van der Waals surface area contributed by atoms with Crippen LogP contribution in [0.15, 0.2) is 34.5 Å². The number of hydrogen-bond donors (Lipinski definition) is 0. The molecule has 0 aliphatic carbocycles. The number of pyridine rings is 1. The number of ether oxygens (including phenoxy) is 3. The second-order valence-electron chi connectivity index (χ2n) is 5.75. The van der Waals surface area contributed by atoms with E-state index in [0.717, 1.165) is 27.6 Å². The zero-order valence-electron chi connectivity index (χ0n) is 14.6. The topological polar surface area (TPSA) is 53.7 Å². The van der Waals surface area contributed by atoms with Crippen LogP contribution in [0.2, 0.25) is 0 Å². The molecule has 3 rings (SSSR count). The quantitative estimate of drug-likeness (QED) is 0.645. The summed E-state index contributed by atoms with van der Waals surface area (Å²) in [6.45, 7) is 4.14. The maximum absolute atomic E-state index is 5.70. The first kappa shape index (κ1) is 16.2. The number of benzene rings is 1. The summed E-state index contributed by atoms with van der Waals surface area (Å²) in [5, 5.41) is 1.76. The van der Waals surface area contributed by atoms with Gasteiger partial charge in [-0.3, -0.25) is 0 Å². The molecule has 0 aliphatic heterocycles. The van der Waals surface area contributed by atoms with E-state index in [-0.39, 0.29) is 0 Å². The van der Waals surface area contributed by atoms with Crippen LogP contribution in [0.4, 0.5) is 0 Å². The summed E-state index contributed by atoms with van der Waals surface area (Å²) in [5.74, 6) is 2.08. The van der Waals surface area contributed by atoms with E-state index in [1.54, 1.807) is 27.6 Å². The maximum atomic E-state index is 5.70. The number of allylic oxidation sites excluding steroid dienone is 2. The first-order valence-corrected chi connectivity index (χ1v) is 7.72. The molecule has 0 N–H and O–H groups in total. The van der Waals surface area contributed by atoms with E-state index in [2.05, 4.69) is 24.9 Å². The van der Waals surface area contributed by atoms with E-state index in [4.69, 9.17) is 18.6 Å². The summed E-state index contributed by atoms with van der Waals surface area (Å²) in [5.41, 5.74) is 3.51.